The molecule has 0 radical (unpaired) electrons. The largest absolute Gasteiger partial charge is 0.450 e. The van der Waals surface area contributed by atoms with E-state index in [1.165, 1.54) is 0 Å². The molecule has 4 rings (SSSR count). The van der Waals surface area contributed by atoms with E-state index in [0.717, 1.165) is 47.1 Å². The maximum absolute atomic E-state index is 12.2. The van der Waals surface area contributed by atoms with E-state index in [4.69, 9.17) is 14.7 Å². The Hall–Kier alpha value is -5.64. The zero-order valence-electron chi connectivity index (χ0n) is 27.4. The van der Waals surface area contributed by atoms with E-state index in [0.29, 0.717) is 31.0 Å². The minimum absolute atomic E-state index is 0.271. The quantitative estimate of drug-likeness (QED) is 0.0472. The standard InChI is InChI=1S/C25H33N3O5.C13H11NO/c1-3-32-24(29)26-18-12-6-9-17-22(27-25(30)33-4-2)20-15-10-11-16-21(20)23(28-31)19-13-7-5-8-14-19;15-14-13(11-7-3-1-4-8-11)12-9-5-2-6-10-12/h5,7-8,10-11,13-16,22,31H,3-4,6,9,12,17-18H2,1-2H3,(H,26,29)(H,27,30);1-10,15H. The highest BCUT2D eigenvalue weighted by Crippen LogP contribution is 2.26. The average Bonchev–Trinajstić information content (AvgIpc) is 3.12. The van der Waals surface area contributed by atoms with Crippen molar-refractivity contribution in [3.63, 3.8) is 0 Å². The van der Waals surface area contributed by atoms with Crippen LogP contribution in [-0.2, 0) is 9.47 Å². The number of oxime groups is 2. The van der Waals surface area contributed by atoms with Gasteiger partial charge in [0.05, 0.1) is 19.3 Å². The number of carbonyl (C=O) groups is 2. The third kappa shape index (κ3) is 11.9. The van der Waals surface area contributed by atoms with Crippen LogP contribution in [0, 0.1) is 0 Å². The molecule has 0 heterocycles. The van der Waals surface area contributed by atoms with Crippen LogP contribution in [0.5, 0.6) is 0 Å². The minimum atomic E-state index is -0.497. The van der Waals surface area contributed by atoms with Crippen molar-refractivity contribution in [2.24, 2.45) is 10.3 Å². The molecule has 0 spiro atoms. The number of nitrogens with zero attached hydrogens (tertiary/aromatic N) is 2. The lowest BCUT2D eigenvalue weighted by Crippen LogP contribution is -2.30. The number of amides is 2. The molecule has 4 aromatic carbocycles. The third-order valence-corrected chi connectivity index (χ3v) is 7.21. The fraction of sp³-hybridized carbons (Fsp3) is 0.263. The van der Waals surface area contributed by atoms with Crippen LogP contribution in [0.25, 0.3) is 0 Å². The van der Waals surface area contributed by atoms with Crippen molar-refractivity contribution in [1.82, 2.24) is 10.6 Å². The maximum atomic E-state index is 12.2. The Morgan fingerprint density at radius 2 is 1.10 bits per heavy atom. The van der Waals surface area contributed by atoms with Crippen molar-refractivity contribution in [1.29, 1.82) is 0 Å². The van der Waals surface area contributed by atoms with Gasteiger partial charge in [0, 0.05) is 28.8 Å². The van der Waals surface area contributed by atoms with Crippen LogP contribution in [0.2, 0.25) is 0 Å². The molecule has 0 saturated heterocycles. The number of hydrogen-bond acceptors (Lipinski definition) is 8. The predicted molar refractivity (Wildman–Crippen MR) is 187 cm³/mol. The van der Waals surface area contributed by atoms with E-state index in [1.54, 1.807) is 13.8 Å². The van der Waals surface area contributed by atoms with Crippen molar-refractivity contribution < 1.29 is 29.5 Å². The van der Waals surface area contributed by atoms with Crippen LogP contribution >= 0.6 is 0 Å². The van der Waals surface area contributed by atoms with Crippen molar-refractivity contribution in [2.45, 2.75) is 45.6 Å². The number of alkyl carbamates (subject to hydrolysis) is 2. The van der Waals surface area contributed by atoms with Gasteiger partial charge in [0.15, 0.2) is 0 Å². The first-order valence-corrected chi connectivity index (χ1v) is 16.1. The number of benzene rings is 4. The molecule has 0 aliphatic carbocycles. The summed E-state index contributed by atoms with van der Waals surface area (Å²) in [5, 5.41) is 31.4. The lowest BCUT2D eigenvalue weighted by Gasteiger charge is -2.22. The highest BCUT2D eigenvalue weighted by atomic mass is 16.6. The number of ether oxygens (including phenoxy) is 2. The minimum Gasteiger partial charge on any atom is -0.450 e. The van der Waals surface area contributed by atoms with Gasteiger partial charge in [0.25, 0.3) is 0 Å². The van der Waals surface area contributed by atoms with Crippen LogP contribution in [-0.4, -0.2) is 53.8 Å². The summed E-state index contributed by atoms with van der Waals surface area (Å²) in [7, 11) is 0. The van der Waals surface area contributed by atoms with Crippen LogP contribution in [0.4, 0.5) is 9.59 Å². The van der Waals surface area contributed by atoms with Gasteiger partial charge in [-0.25, -0.2) is 9.59 Å². The number of hydrogen-bond donors (Lipinski definition) is 4. The van der Waals surface area contributed by atoms with Gasteiger partial charge in [-0.05, 0) is 32.3 Å². The van der Waals surface area contributed by atoms with Crippen molar-refractivity contribution in [3.8, 4) is 0 Å². The highest BCUT2D eigenvalue weighted by molar-refractivity contribution is 6.13. The molecule has 252 valence electrons. The van der Waals surface area contributed by atoms with E-state index in [9.17, 15) is 14.8 Å². The van der Waals surface area contributed by atoms with Gasteiger partial charge >= 0.3 is 12.2 Å². The molecule has 48 heavy (non-hydrogen) atoms. The molecular formula is C38H44N4O6. The molecule has 0 fully saturated rings. The molecule has 0 aliphatic heterocycles. The van der Waals surface area contributed by atoms with Crippen LogP contribution < -0.4 is 10.6 Å². The lowest BCUT2D eigenvalue weighted by atomic mass is 9.91. The van der Waals surface area contributed by atoms with Gasteiger partial charge in [-0.15, -0.1) is 0 Å². The number of carbonyl (C=O) groups excluding carboxylic acids is 2. The Kier molecular flexibility index (Phi) is 16.3. The van der Waals surface area contributed by atoms with E-state index < -0.39 is 12.2 Å². The van der Waals surface area contributed by atoms with E-state index in [1.807, 2.05) is 115 Å². The second-order valence-corrected chi connectivity index (χ2v) is 10.5. The topological polar surface area (TPSA) is 142 Å². The number of unbranched alkanes of at least 4 members (excludes halogenated alkanes) is 2. The Balaban J connectivity index is 0.000000344. The van der Waals surface area contributed by atoms with Gasteiger partial charge in [-0.2, -0.15) is 0 Å². The molecule has 4 N–H and O–H groups in total. The van der Waals surface area contributed by atoms with Crippen molar-refractivity contribution in [2.75, 3.05) is 19.8 Å². The fourth-order valence-electron chi connectivity index (χ4n) is 5.00. The predicted octanol–water partition coefficient (Wildman–Crippen LogP) is 7.92. The summed E-state index contributed by atoms with van der Waals surface area (Å²) in [6, 6.07) is 35.8. The van der Waals surface area contributed by atoms with Gasteiger partial charge in [0.1, 0.15) is 11.4 Å². The zero-order chi connectivity index (χ0) is 34.4. The molecule has 4 aromatic rings. The molecule has 0 aromatic heterocycles. The summed E-state index contributed by atoms with van der Waals surface area (Å²) >= 11 is 0. The summed E-state index contributed by atoms with van der Waals surface area (Å²) in [5.41, 5.74) is 5.19. The summed E-state index contributed by atoms with van der Waals surface area (Å²) in [6.45, 7) is 4.66. The second-order valence-electron chi connectivity index (χ2n) is 10.5. The first-order valence-electron chi connectivity index (χ1n) is 16.1. The van der Waals surface area contributed by atoms with E-state index >= 15 is 0 Å². The van der Waals surface area contributed by atoms with Crippen LogP contribution in [0.1, 0.15) is 73.4 Å². The Labute approximate surface area is 282 Å². The fourth-order valence-corrected chi connectivity index (χ4v) is 5.00. The van der Waals surface area contributed by atoms with Gasteiger partial charge in [-0.3, -0.25) is 0 Å². The number of rotatable bonds is 14. The first-order chi connectivity index (χ1) is 23.5. The molecule has 1 atom stereocenters. The summed E-state index contributed by atoms with van der Waals surface area (Å²) < 4.78 is 9.96. The van der Waals surface area contributed by atoms with Crippen LogP contribution in [0.3, 0.4) is 0 Å². The molecule has 0 saturated carbocycles. The Bertz CT molecular complexity index is 1540. The maximum Gasteiger partial charge on any atom is 0.407 e. The van der Waals surface area contributed by atoms with Gasteiger partial charge in [-0.1, -0.05) is 138 Å². The molecule has 0 aliphatic rings. The molecule has 10 nitrogen and oxygen atoms in total. The highest BCUT2D eigenvalue weighted by Gasteiger charge is 2.21. The monoisotopic (exact) mass is 652 g/mol. The van der Waals surface area contributed by atoms with Crippen molar-refractivity contribution >= 4 is 23.6 Å². The molecular weight excluding hydrogens is 608 g/mol. The molecule has 0 bridgehead atoms. The smallest absolute Gasteiger partial charge is 0.407 e. The zero-order valence-corrected chi connectivity index (χ0v) is 27.4. The molecule has 1 unspecified atom stereocenters. The molecule has 2 amide bonds. The summed E-state index contributed by atoms with van der Waals surface area (Å²) in [5.74, 6) is 0. The average molecular weight is 653 g/mol. The Morgan fingerprint density at radius 1 is 0.625 bits per heavy atom. The van der Waals surface area contributed by atoms with E-state index in [-0.39, 0.29) is 12.6 Å². The SMILES string of the molecule is CCOC(=O)NCCCCCC(NC(=O)OCC)c1ccccc1C(=NO)c1ccccc1.ON=C(c1ccccc1)c1ccccc1. The van der Waals surface area contributed by atoms with Crippen LogP contribution in [0.15, 0.2) is 126 Å². The van der Waals surface area contributed by atoms with Gasteiger partial charge in [0.2, 0.25) is 0 Å². The normalized spacial score (nSPS) is 11.2. The Morgan fingerprint density at radius 3 is 1.62 bits per heavy atom. The number of nitrogens with one attached hydrogen (secondary N) is 2. The van der Waals surface area contributed by atoms with Crippen molar-refractivity contribution in [3.05, 3.63) is 143 Å². The van der Waals surface area contributed by atoms with Gasteiger partial charge < -0.3 is 30.5 Å². The molecule has 10 heteroatoms. The third-order valence-electron chi connectivity index (χ3n) is 7.21. The second kappa shape index (κ2) is 21.2. The first kappa shape index (κ1) is 36.8. The lowest BCUT2D eigenvalue weighted by molar-refractivity contribution is 0.146. The van der Waals surface area contributed by atoms with E-state index in [2.05, 4.69) is 20.9 Å². The summed E-state index contributed by atoms with van der Waals surface area (Å²) in [4.78, 5) is 23.6. The summed E-state index contributed by atoms with van der Waals surface area (Å²) in [6.07, 6.45) is 2.21.